The number of halogens is 1. The number of thiazole rings is 1. The zero-order valence-electron chi connectivity index (χ0n) is 23.6. The van der Waals surface area contributed by atoms with Gasteiger partial charge in [-0.15, -0.1) is 0 Å². The second-order valence-electron chi connectivity index (χ2n) is 10.3. The number of urea groups is 1. The molecule has 39 heavy (non-hydrogen) atoms. The first kappa shape index (κ1) is 31.0. The van der Waals surface area contributed by atoms with Gasteiger partial charge in [0.15, 0.2) is 12.2 Å². The molecule has 1 heterocycles. The van der Waals surface area contributed by atoms with E-state index in [1.54, 1.807) is 17.4 Å². The third kappa shape index (κ3) is 12.0. The highest BCUT2D eigenvalue weighted by Gasteiger charge is 2.10. The molecule has 0 bridgehead atoms. The van der Waals surface area contributed by atoms with Crippen LogP contribution >= 0.6 is 22.9 Å². The summed E-state index contributed by atoms with van der Waals surface area (Å²) in [7, 11) is 0. The van der Waals surface area contributed by atoms with Gasteiger partial charge in [0.25, 0.3) is 0 Å². The van der Waals surface area contributed by atoms with Gasteiger partial charge in [-0.1, -0.05) is 113 Å². The number of aryl methyl sites for hydroxylation is 1. The molecule has 2 N–H and O–H groups in total. The zero-order chi connectivity index (χ0) is 27.7. The summed E-state index contributed by atoms with van der Waals surface area (Å²) in [6, 6.07) is 12.9. The summed E-state index contributed by atoms with van der Waals surface area (Å²) < 4.78 is 8.08. The number of unbranched alkanes of at least 4 members (excludes halogenated alkanes) is 11. The molecule has 3 aromatic rings. The molecule has 0 unspecified atom stereocenters. The normalized spacial score (nSPS) is 10.9. The Balaban J connectivity index is 1.28. The Hall–Kier alpha value is -2.57. The highest BCUT2D eigenvalue weighted by molar-refractivity contribution is 7.07. The van der Waals surface area contributed by atoms with Crippen LogP contribution in [0.5, 0.6) is 5.75 Å². The molecule has 3 rings (SSSR count). The van der Waals surface area contributed by atoms with E-state index < -0.39 is 0 Å². The highest BCUT2D eigenvalue weighted by Crippen LogP contribution is 2.28. The fraction of sp³-hybridized carbons (Fsp3) is 0.500. The molecule has 1 aromatic heterocycles. The minimum Gasteiger partial charge on any atom is -0.492 e. The van der Waals surface area contributed by atoms with Crippen LogP contribution in [-0.2, 0) is 6.54 Å². The fourth-order valence-corrected chi connectivity index (χ4v) is 5.54. The van der Waals surface area contributed by atoms with E-state index in [0.29, 0.717) is 23.1 Å². The molecular formula is C32H45ClN3O2S+. The maximum Gasteiger partial charge on any atom is 0.323 e. The Morgan fingerprint density at radius 2 is 1.44 bits per heavy atom. The van der Waals surface area contributed by atoms with Gasteiger partial charge in [-0.2, -0.15) is 4.57 Å². The minimum atomic E-state index is -0.313. The third-order valence-corrected chi connectivity index (χ3v) is 8.04. The van der Waals surface area contributed by atoms with Crippen LogP contribution in [0.4, 0.5) is 16.2 Å². The molecule has 0 radical (unpaired) electrons. The number of ether oxygens (including phenoxy) is 1. The molecule has 2 aromatic carbocycles. The average Bonchev–Trinajstić information content (AvgIpc) is 3.33. The number of aromatic nitrogens is 1. The molecule has 0 aliphatic rings. The summed E-state index contributed by atoms with van der Waals surface area (Å²) in [4.78, 5) is 12.5. The molecule has 0 fully saturated rings. The molecule has 0 spiro atoms. The summed E-state index contributed by atoms with van der Waals surface area (Å²) in [6.45, 7) is 5.84. The van der Waals surface area contributed by atoms with Crippen molar-refractivity contribution in [1.82, 2.24) is 0 Å². The van der Waals surface area contributed by atoms with Gasteiger partial charge >= 0.3 is 6.03 Å². The average molecular weight is 571 g/mol. The number of carbonyl (C=O) groups excluding carboxylic acids is 1. The van der Waals surface area contributed by atoms with Crippen molar-refractivity contribution in [3.63, 3.8) is 0 Å². The van der Waals surface area contributed by atoms with Crippen molar-refractivity contribution in [3.05, 3.63) is 69.6 Å². The van der Waals surface area contributed by atoms with Crippen molar-refractivity contribution >= 4 is 40.3 Å². The van der Waals surface area contributed by atoms with Crippen LogP contribution in [0.3, 0.4) is 0 Å². The third-order valence-electron chi connectivity index (χ3n) is 6.89. The lowest BCUT2D eigenvalue weighted by Gasteiger charge is -2.11. The summed E-state index contributed by atoms with van der Waals surface area (Å²) in [5, 5.41) is 8.34. The number of anilines is 2. The molecule has 0 atom stereocenters. The second kappa shape index (κ2) is 17.9. The molecule has 0 saturated carbocycles. The van der Waals surface area contributed by atoms with Crippen LogP contribution in [0.1, 0.15) is 95.2 Å². The van der Waals surface area contributed by atoms with Gasteiger partial charge in [-0.3, -0.25) is 0 Å². The highest BCUT2D eigenvalue weighted by atomic mass is 35.5. The van der Waals surface area contributed by atoms with Crippen LogP contribution < -0.4 is 19.9 Å². The van der Waals surface area contributed by atoms with Crippen molar-refractivity contribution < 1.29 is 14.1 Å². The van der Waals surface area contributed by atoms with E-state index in [1.165, 1.54) is 81.9 Å². The number of hydrogen-bond donors (Lipinski definition) is 2. The molecule has 2 amide bonds. The van der Waals surface area contributed by atoms with E-state index in [2.05, 4.69) is 39.9 Å². The van der Waals surface area contributed by atoms with Gasteiger partial charge < -0.3 is 15.4 Å². The van der Waals surface area contributed by atoms with Crippen LogP contribution in [-0.4, -0.2) is 12.6 Å². The van der Waals surface area contributed by atoms with Gasteiger partial charge in [0.05, 0.1) is 17.0 Å². The van der Waals surface area contributed by atoms with Crippen molar-refractivity contribution in [3.8, 4) is 5.75 Å². The van der Waals surface area contributed by atoms with Crippen molar-refractivity contribution in [2.45, 2.75) is 97.4 Å². The van der Waals surface area contributed by atoms with Crippen molar-refractivity contribution in [2.24, 2.45) is 0 Å². The van der Waals surface area contributed by atoms with Crippen LogP contribution in [0, 0.1) is 6.92 Å². The zero-order valence-corrected chi connectivity index (χ0v) is 25.2. The quantitative estimate of drug-likeness (QED) is 0.118. The Kier molecular flexibility index (Phi) is 14.2. The number of nitrogens with zero attached hydrogens (tertiary/aromatic N) is 1. The van der Waals surface area contributed by atoms with Gasteiger partial charge in [-0.25, -0.2) is 4.79 Å². The molecular weight excluding hydrogens is 526 g/mol. The maximum absolute atomic E-state index is 12.5. The van der Waals surface area contributed by atoms with Gasteiger partial charge in [0, 0.05) is 23.9 Å². The first-order valence-corrected chi connectivity index (χ1v) is 15.9. The van der Waals surface area contributed by atoms with Crippen molar-refractivity contribution in [2.75, 3.05) is 17.2 Å². The monoisotopic (exact) mass is 570 g/mol. The Morgan fingerprint density at radius 3 is 2.03 bits per heavy atom. The number of nitrogens with one attached hydrogen (secondary N) is 2. The molecule has 7 heteroatoms. The number of carbonyl (C=O) groups is 1. The maximum atomic E-state index is 12.5. The van der Waals surface area contributed by atoms with Crippen LogP contribution in [0.2, 0.25) is 5.02 Å². The van der Waals surface area contributed by atoms with E-state index in [0.717, 1.165) is 18.7 Å². The lowest BCUT2D eigenvalue weighted by atomic mass is 10.1. The summed E-state index contributed by atoms with van der Waals surface area (Å²) in [5.41, 5.74) is 5.88. The van der Waals surface area contributed by atoms with E-state index in [9.17, 15) is 4.79 Å². The van der Waals surface area contributed by atoms with Crippen molar-refractivity contribution in [1.29, 1.82) is 0 Å². The standard InChI is InChI=1S/C32H44ClN3O2S/c1-3-4-5-6-7-8-9-10-11-12-13-14-21-38-31-20-19-29(22-30(31)33)35-32(37)34-28-17-15-27(16-18-28)23-36-25-39-24-26(36)2/h15-20,22,24-25H,3-14,21,23H2,1-2H3,(H-,34,35,37)/p+1. The largest absolute Gasteiger partial charge is 0.492 e. The second-order valence-corrected chi connectivity index (χ2v) is 11.4. The fourth-order valence-electron chi connectivity index (χ4n) is 4.52. The van der Waals surface area contributed by atoms with Crippen LogP contribution in [0.25, 0.3) is 0 Å². The number of rotatable bonds is 18. The molecule has 0 aliphatic carbocycles. The van der Waals surface area contributed by atoms with Gasteiger partial charge in [0.1, 0.15) is 5.75 Å². The number of benzene rings is 2. The van der Waals surface area contributed by atoms with E-state index >= 15 is 0 Å². The predicted molar refractivity (Wildman–Crippen MR) is 165 cm³/mol. The Bertz CT molecular complexity index is 1120. The predicted octanol–water partition coefficient (Wildman–Crippen LogP) is 9.77. The topological polar surface area (TPSA) is 54.2 Å². The minimum absolute atomic E-state index is 0.313. The lowest BCUT2D eigenvalue weighted by molar-refractivity contribution is -0.689. The molecule has 5 nitrogen and oxygen atoms in total. The smallest absolute Gasteiger partial charge is 0.323 e. The molecule has 0 saturated heterocycles. The van der Waals surface area contributed by atoms with E-state index in [4.69, 9.17) is 16.3 Å². The van der Waals surface area contributed by atoms with Crippen LogP contribution in [0.15, 0.2) is 53.4 Å². The number of hydrogen-bond acceptors (Lipinski definition) is 3. The number of amides is 2. The van der Waals surface area contributed by atoms with E-state index in [1.807, 2.05) is 36.4 Å². The summed E-state index contributed by atoms with van der Waals surface area (Å²) >= 11 is 8.10. The SMILES string of the molecule is CCCCCCCCCCCCCCOc1ccc(NC(=O)Nc2ccc(C[n+]3cscc3C)cc2)cc1Cl. The Labute approximate surface area is 243 Å². The first-order valence-electron chi connectivity index (χ1n) is 14.6. The van der Waals surface area contributed by atoms with Gasteiger partial charge in [-0.05, 0) is 36.8 Å². The first-order chi connectivity index (χ1) is 19.0. The Morgan fingerprint density at radius 1 is 0.846 bits per heavy atom. The van der Waals surface area contributed by atoms with Gasteiger partial charge in [0.2, 0.25) is 5.51 Å². The molecule has 0 aliphatic heterocycles. The lowest BCUT2D eigenvalue weighted by Crippen LogP contribution is -2.34. The van der Waals surface area contributed by atoms with E-state index in [-0.39, 0.29) is 6.03 Å². The summed E-state index contributed by atoms with van der Waals surface area (Å²) in [6.07, 6.45) is 15.8. The molecule has 212 valence electrons. The summed E-state index contributed by atoms with van der Waals surface area (Å²) in [5.74, 6) is 0.653.